The first kappa shape index (κ1) is 21.0. The Hall–Kier alpha value is -3.07. The van der Waals surface area contributed by atoms with Crippen molar-refractivity contribution in [3.05, 3.63) is 60.7 Å². The highest BCUT2D eigenvalue weighted by Gasteiger charge is 2.18. The average Bonchev–Trinajstić information content (AvgIpc) is 2.60. The summed E-state index contributed by atoms with van der Waals surface area (Å²) in [5.74, 6) is -0.499. The number of ether oxygens (including phenoxy) is 1. The molecule has 1 rings (SSSR count). The molecule has 2 amide bonds. The van der Waals surface area contributed by atoms with E-state index in [2.05, 4.69) is 24.5 Å². The molecule has 0 heterocycles. The lowest BCUT2D eigenvalue weighted by Crippen LogP contribution is -2.38. The molecule has 6 nitrogen and oxygen atoms in total. The van der Waals surface area contributed by atoms with Gasteiger partial charge < -0.3 is 15.8 Å². The molecule has 0 fully saturated rings. The first-order valence-electron chi connectivity index (χ1n) is 8.37. The van der Waals surface area contributed by atoms with Crippen LogP contribution in [0.2, 0.25) is 0 Å². The summed E-state index contributed by atoms with van der Waals surface area (Å²) in [6.07, 6.45) is 2.94. The highest BCUT2D eigenvalue weighted by Crippen LogP contribution is 2.23. The summed E-state index contributed by atoms with van der Waals surface area (Å²) in [4.78, 5) is 23.2. The van der Waals surface area contributed by atoms with Gasteiger partial charge in [0.2, 0.25) is 5.91 Å². The van der Waals surface area contributed by atoms with Crippen molar-refractivity contribution in [2.24, 2.45) is 11.7 Å². The fourth-order valence-corrected chi connectivity index (χ4v) is 2.47. The highest BCUT2D eigenvalue weighted by atomic mass is 16.6. The molecule has 0 aliphatic heterocycles. The van der Waals surface area contributed by atoms with Crippen LogP contribution in [0.25, 0.3) is 0 Å². The number of carbonyl (C=O) groups is 2. The molecule has 0 aliphatic carbocycles. The molecule has 138 valence electrons. The molecule has 0 bridgehead atoms. The minimum atomic E-state index is -0.852. The predicted octanol–water partition coefficient (Wildman–Crippen LogP) is 3.16. The van der Waals surface area contributed by atoms with E-state index in [9.17, 15) is 9.59 Å². The van der Waals surface area contributed by atoms with E-state index in [1.165, 1.54) is 0 Å². The number of rotatable bonds is 10. The van der Waals surface area contributed by atoms with Crippen molar-refractivity contribution in [2.45, 2.75) is 38.3 Å². The van der Waals surface area contributed by atoms with Gasteiger partial charge in [-0.15, -0.1) is 13.2 Å². The topological polar surface area (TPSA) is 105 Å². The first-order chi connectivity index (χ1) is 12.4. The van der Waals surface area contributed by atoms with Gasteiger partial charge in [0.15, 0.2) is 0 Å². The second-order valence-corrected chi connectivity index (χ2v) is 5.99. The molecule has 0 radical (unpaired) electrons. The number of amides is 2. The van der Waals surface area contributed by atoms with Crippen molar-refractivity contribution in [3.63, 3.8) is 0 Å². The van der Waals surface area contributed by atoms with E-state index in [0.717, 1.165) is 11.1 Å². The monoisotopic (exact) mass is 355 g/mol. The van der Waals surface area contributed by atoms with Gasteiger partial charge in [-0.3, -0.25) is 4.79 Å². The maximum Gasteiger partial charge on any atom is 0.405 e. The molecular formula is C20H25N3O3. The Morgan fingerprint density at radius 3 is 2.73 bits per heavy atom. The standard InChI is InChI=1S/C20H25N3O3/c1-4-7-18(26-20(22)25)16-9-6-8-15(12-16)13-17(10-11-21)23-19(24)14(3)5-2/h4-6,8-9,12,14,17-18H,1-2,7,10,13H2,3H3,(H2,22,25)(H,23,24)/t14?,17?,18-/m0/s1. The normalized spacial score (nSPS) is 13.5. The third-order valence-corrected chi connectivity index (χ3v) is 3.90. The first-order valence-corrected chi connectivity index (χ1v) is 8.37. The fourth-order valence-electron chi connectivity index (χ4n) is 2.47. The molecule has 3 atom stereocenters. The van der Waals surface area contributed by atoms with Crippen LogP contribution in [0.5, 0.6) is 0 Å². The van der Waals surface area contributed by atoms with E-state index in [1.807, 2.05) is 24.3 Å². The van der Waals surface area contributed by atoms with Gasteiger partial charge in [-0.25, -0.2) is 4.79 Å². The minimum absolute atomic E-state index is 0.169. The van der Waals surface area contributed by atoms with Crippen LogP contribution in [0.4, 0.5) is 4.79 Å². The summed E-state index contributed by atoms with van der Waals surface area (Å²) in [5.41, 5.74) is 6.82. The maximum absolute atomic E-state index is 12.1. The number of nitrogens with one attached hydrogen (secondary N) is 1. The third kappa shape index (κ3) is 6.81. The van der Waals surface area contributed by atoms with Crippen LogP contribution in [0.15, 0.2) is 49.6 Å². The lowest BCUT2D eigenvalue weighted by Gasteiger charge is -2.20. The summed E-state index contributed by atoms with van der Waals surface area (Å²) < 4.78 is 5.13. The number of carbonyl (C=O) groups excluding carboxylic acids is 2. The summed E-state index contributed by atoms with van der Waals surface area (Å²) in [7, 11) is 0. The van der Waals surface area contributed by atoms with Gasteiger partial charge in [0.25, 0.3) is 0 Å². The van der Waals surface area contributed by atoms with Crippen molar-refractivity contribution in [3.8, 4) is 6.07 Å². The van der Waals surface area contributed by atoms with Gasteiger partial charge in [0.05, 0.1) is 18.4 Å². The molecule has 2 unspecified atom stereocenters. The molecule has 1 aromatic rings. The van der Waals surface area contributed by atoms with E-state index in [4.69, 9.17) is 15.7 Å². The van der Waals surface area contributed by atoms with Crippen LogP contribution in [-0.2, 0) is 16.0 Å². The Kier molecular flexibility index (Phi) is 8.65. The van der Waals surface area contributed by atoms with E-state index in [1.54, 1.807) is 19.1 Å². The molecule has 1 aromatic carbocycles. The van der Waals surface area contributed by atoms with Crippen molar-refractivity contribution in [2.75, 3.05) is 0 Å². The summed E-state index contributed by atoms with van der Waals surface area (Å²) >= 11 is 0. The van der Waals surface area contributed by atoms with Crippen molar-refractivity contribution in [1.29, 1.82) is 5.26 Å². The number of hydrogen-bond donors (Lipinski definition) is 2. The average molecular weight is 355 g/mol. The zero-order valence-corrected chi connectivity index (χ0v) is 15.0. The zero-order valence-electron chi connectivity index (χ0n) is 15.0. The van der Waals surface area contributed by atoms with Crippen LogP contribution in [-0.4, -0.2) is 18.0 Å². The number of benzene rings is 1. The number of hydrogen-bond acceptors (Lipinski definition) is 4. The third-order valence-electron chi connectivity index (χ3n) is 3.90. The second kappa shape index (κ2) is 10.7. The number of primary amides is 1. The Morgan fingerprint density at radius 1 is 1.42 bits per heavy atom. The summed E-state index contributed by atoms with van der Waals surface area (Å²) in [5, 5.41) is 11.9. The molecule has 3 N–H and O–H groups in total. The van der Waals surface area contributed by atoms with E-state index >= 15 is 0 Å². The smallest absolute Gasteiger partial charge is 0.405 e. The molecule has 0 aromatic heterocycles. The van der Waals surface area contributed by atoms with Gasteiger partial charge in [-0.1, -0.05) is 43.3 Å². The SMILES string of the molecule is C=CC[C@H](OC(N)=O)c1cccc(CC(CC#N)NC(=O)C(C)C=C)c1. The van der Waals surface area contributed by atoms with Gasteiger partial charge >= 0.3 is 6.09 Å². The van der Waals surface area contributed by atoms with E-state index in [0.29, 0.717) is 12.8 Å². The summed E-state index contributed by atoms with van der Waals surface area (Å²) in [6.45, 7) is 9.01. The zero-order chi connectivity index (χ0) is 19.5. The van der Waals surface area contributed by atoms with Crippen LogP contribution in [0.1, 0.15) is 37.0 Å². The quantitative estimate of drug-likeness (QED) is 0.629. The fraction of sp³-hybridized carbons (Fsp3) is 0.350. The molecule has 6 heteroatoms. The van der Waals surface area contributed by atoms with Gasteiger partial charge in [0.1, 0.15) is 6.10 Å². The van der Waals surface area contributed by atoms with Gasteiger partial charge in [0, 0.05) is 12.5 Å². The molecular weight excluding hydrogens is 330 g/mol. The number of nitriles is 1. The number of nitrogens with two attached hydrogens (primary N) is 1. The Bertz CT molecular complexity index is 694. The maximum atomic E-state index is 12.1. The van der Waals surface area contributed by atoms with Crippen molar-refractivity contribution < 1.29 is 14.3 Å². The van der Waals surface area contributed by atoms with Crippen molar-refractivity contribution in [1.82, 2.24) is 5.32 Å². The highest BCUT2D eigenvalue weighted by molar-refractivity contribution is 5.80. The molecule has 0 aliphatic rings. The number of nitrogens with zero attached hydrogens (tertiary/aromatic N) is 1. The van der Waals surface area contributed by atoms with Crippen molar-refractivity contribution >= 4 is 12.0 Å². The largest absolute Gasteiger partial charge is 0.441 e. The van der Waals surface area contributed by atoms with Crippen LogP contribution in [0.3, 0.4) is 0 Å². The van der Waals surface area contributed by atoms with E-state index < -0.39 is 12.2 Å². The van der Waals surface area contributed by atoms with Crippen LogP contribution in [0, 0.1) is 17.2 Å². The molecule has 0 spiro atoms. The Labute approximate surface area is 154 Å². The minimum Gasteiger partial charge on any atom is -0.441 e. The van der Waals surface area contributed by atoms with Crippen LogP contribution < -0.4 is 11.1 Å². The lowest BCUT2D eigenvalue weighted by molar-refractivity contribution is -0.123. The molecule has 26 heavy (non-hydrogen) atoms. The lowest BCUT2D eigenvalue weighted by atomic mass is 9.98. The second-order valence-electron chi connectivity index (χ2n) is 5.99. The predicted molar refractivity (Wildman–Crippen MR) is 99.9 cm³/mol. The molecule has 0 saturated carbocycles. The molecule has 0 saturated heterocycles. The van der Waals surface area contributed by atoms with Crippen LogP contribution >= 0.6 is 0 Å². The van der Waals surface area contributed by atoms with Gasteiger partial charge in [-0.2, -0.15) is 5.26 Å². The van der Waals surface area contributed by atoms with Gasteiger partial charge in [-0.05, 0) is 17.5 Å². The Morgan fingerprint density at radius 2 is 2.15 bits per heavy atom. The van der Waals surface area contributed by atoms with E-state index in [-0.39, 0.29) is 24.3 Å². The Balaban J connectivity index is 2.94. The summed E-state index contributed by atoms with van der Waals surface area (Å²) in [6, 6.07) is 9.22.